The molecule has 1 aromatic carbocycles. The lowest BCUT2D eigenvalue weighted by Crippen LogP contribution is -2.37. The third kappa shape index (κ3) is 5.77. The number of anilines is 2. The van der Waals surface area contributed by atoms with Gasteiger partial charge in [0, 0.05) is 31.4 Å². The first-order valence-electron chi connectivity index (χ1n) is 11.0. The van der Waals surface area contributed by atoms with E-state index in [9.17, 15) is 18.0 Å². The largest absolute Gasteiger partial charge is 0.360 e. The molecule has 1 aliphatic rings. The molecule has 1 aromatic heterocycles. The Balaban J connectivity index is 1.66. The van der Waals surface area contributed by atoms with Gasteiger partial charge in [-0.3, -0.25) is 9.59 Å². The number of benzene rings is 1. The number of aryl methyl sites for hydroxylation is 2. The summed E-state index contributed by atoms with van der Waals surface area (Å²) in [6, 6.07) is 6.60. The van der Waals surface area contributed by atoms with E-state index in [-0.39, 0.29) is 22.5 Å². The van der Waals surface area contributed by atoms with Gasteiger partial charge in [0.15, 0.2) is 5.82 Å². The summed E-state index contributed by atoms with van der Waals surface area (Å²) in [5, 5.41) is 5.95. The van der Waals surface area contributed by atoms with Gasteiger partial charge in [-0.15, -0.1) is 11.8 Å². The second-order valence-electron chi connectivity index (χ2n) is 7.79. The fraction of sp³-hybridized carbons (Fsp3) is 0.500. The minimum absolute atomic E-state index is 0.114. The van der Waals surface area contributed by atoms with E-state index in [2.05, 4.69) is 10.5 Å². The van der Waals surface area contributed by atoms with Gasteiger partial charge in [-0.05, 0) is 50.5 Å². The van der Waals surface area contributed by atoms with Gasteiger partial charge in [-0.25, -0.2) is 8.42 Å². The first-order chi connectivity index (χ1) is 15.7. The van der Waals surface area contributed by atoms with Crippen LogP contribution in [0.4, 0.5) is 11.5 Å². The Kier molecular flexibility index (Phi) is 8.19. The lowest BCUT2D eigenvalue weighted by atomic mass is 10.0. The van der Waals surface area contributed by atoms with Crippen molar-refractivity contribution in [1.82, 2.24) is 9.46 Å². The number of nitrogens with zero attached hydrogens (tertiary/aromatic N) is 3. The highest BCUT2D eigenvalue weighted by atomic mass is 32.2. The summed E-state index contributed by atoms with van der Waals surface area (Å²) in [7, 11) is -3.56. The van der Waals surface area contributed by atoms with Crippen molar-refractivity contribution in [2.75, 3.05) is 35.6 Å². The Labute approximate surface area is 198 Å². The number of nitrogens with one attached hydrogen (secondary N) is 1. The molecule has 180 valence electrons. The minimum atomic E-state index is -3.56. The number of carbonyl (C=O) groups is 2. The summed E-state index contributed by atoms with van der Waals surface area (Å²) < 4.78 is 32.1. The molecule has 2 heterocycles. The first kappa shape index (κ1) is 25.3. The van der Waals surface area contributed by atoms with E-state index >= 15 is 0 Å². The van der Waals surface area contributed by atoms with E-state index in [4.69, 9.17) is 4.52 Å². The second kappa shape index (κ2) is 10.7. The average Bonchev–Trinajstić information content (AvgIpc) is 3.21. The SMILES string of the molecule is CCN(CC)S(=O)(=O)c1ccc2c(c1)CCCN2C(=O)CSC(C)C(=O)Nc1cc(C)on1. The molecule has 9 nitrogen and oxygen atoms in total. The van der Waals surface area contributed by atoms with Crippen molar-refractivity contribution in [2.45, 2.75) is 50.7 Å². The summed E-state index contributed by atoms with van der Waals surface area (Å²) in [6.45, 7) is 8.45. The number of aromatic nitrogens is 1. The molecule has 1 atom stereocenters. The zero-order valence-electron chi connectivity index (χ0n) is 19.3. The van der Waals surface area contributed by atoms with Crippen LogP contribution in [0, 0.1) is 6.92 Å². The third-order valence-corrected chi connectivity index (χ3v) is 8.69. The summed E-state index contributed by atoms with van der Waals surface area (Å²) in [5.74, 6) is 0.698. The van der Waals surface area contributed by atoms with Crippen LogP contribution in [0.25, 0.3) is 0 Å². The van der Waals surface area contributed by atoms with Crippen LogP contribution in [0.1, 0.15) is 38.5 Å². The van der Waals surface area contributed by atoms with E-state index in [1.807, 2.05) is 13.8 Å². The molecular formula is C22H30N4O5S2. The first-order valence-corrected chi connectivity index (χ1v) is 13.5. The highest BCUT2D eigenvalue weighted by Gasteiger charge is 2.27. The summed E-state index contributed by atoms with van der Waals surface area (Å²) in [6.07, 6.45) is 1.46. The monoisotopic (exact) mass is 494 g/mol. The lowest BCUT2D eigenvalue weighted by molar-refractivity contribution is -0.116. The van der Waals surface area contributed by atoms with E-state index in [0.29, 0.717) is 37.6 Å². The second-order valence-corrected chi connectivity index (χ2v) is 11.1. The fourth-order valence-electron chi connectivity index (χ4n) is 3.71. The quantitative estimate of drug-likeness (QED) is 0.570. The van der Waals surface area contributed by atoms with E-state index in [1.54, 1.807) is 43.0 Å². The lowest BCUT2D eigenvalue weighted by Gasteiger charge is -2.30. The molecular weight excluding hydrogens is 464 g/mol. The molecule has 0 radical (unpaired) electrons. The standard InChI is InChI=1S/C22H30N4O5S2/c1-5-25(6-2)33(29,30)18-9-10-19-17(13-18)8-7-11-26(19)21(27)14-32-16(4)22(28)23-20-12-15(3)31-24-20/h9-10,12-13,16H,5-8,11,14H2,1-4H3,(H,23,24,28). The molecule has 0 spiro atoms. The molecule has 2 amide bonds. The van der Waals surface area contributed by atoms with Crippen molar-refractivity contribution in [3.63, 3.8) is 0 Å². The van der Waals surface area contributed by atoms with Crippen LogP contribution in [0.5, 0.6) is 0 Å². The van der Waals surface area contributed by atoms with Crippen molar-refractivity contribution < 1.29 is 22.5 Å². The van der Waals surface area contributed by atoms with Crippen LogP contribution in [-0.4, -0.2) is 60.3 Å². The Morgan fingerprint density at radius 3 is 2.64 bits per heavy atom. The molecule has 1 unspecified atom stereocenters. The number of thioether (sulfide) groups is 1. The van der Waals surface area contributed by atoms with Gasteiger partial charge in [0.2, 0.25) is 21.8 Å². The molecule has 0 saturated heterocycles. The molecule has 1 aliphatic heterocycles. The van der Waals surface area contributed by atoms with Gasteiger partial charge in [0.1, 0.15) is 5.76 Å². The molecule has 0 saturated carbocycles. The normalized spacial score (nSPS) is 14.8. The van der Waals surface area contributed by atoms with Crippen molar-refractivity contribution in [1.29, 1.82) is 0 Å². The van der Waals surface area contributed by atoms with Gasteiger partial charge >= 0.3 is 0 Å². The number of hydrogen-bond acceptors (Lipinski definition) is 7. The van der Waals surface area contributed by atoms with Crippen LogP contribution < -0.4 is 10.2 Å². The summed E-state index contributed by atoms with van der Waals surface area (Å²) in [5.41, 5.74) is 1.58. The number of carbonyl (C=O) groups excluding carboxylic acids is 2. The summed E-state index contributed by atoms with van der Waals surface area (Å²) in [4.78, 5) is 27.2. The van der Waals surface area contributed by atoms with Crippen molar-refractivity contribution in [2.24, 2.45) is 0 Å². The number of amides is 2. The van der Waals surface area contributed by atoms with Crippen LogP contribution in [0.3, 0.4) is 0 Å². The topological polar surface area (TPSA) is 113 Å². The van der Waals surface area contributed by atoms with Gasteiger partial charge in [0.25, 0.3) is 0 Å². The van der Waals surface area contributed by atoms with Gasteiger partial charge in [-0.2, -0.15) is 4.31 Å². The molecule has 0 fully saturated rings. The molecule has 11 heteroatoms. The van der Waals surface area contributed by atoms with E-state index < -0.39 is 15.3 Å². The zero-order valence-corrected chi connectivity index (χ0v) is 21.0. The number of rotatable bonds is 9. The van der Waals surface area contributed by atoms with Crippen LogP contribution in [-0.2, 0) is 26.0 Å². The van der Waals surface area contributed by atoms with Crippen LogP contribution >= 0.6 is 11.8 Å². The molecule has 1 N–H and O–H groups in total. The minimum Gasteiger partial charge on any atom is -0.360 e. The molecule has 0 bridgehead atoms. The predicted octanol–water partition coefficient (Wildman–Crippen LogP) is 3.05. The maximum atomic E-state index is 13.0. The van der Waals surface area contributed by atoms with Crippen LogP contribution in [0.2, 0.25) is 0 Å². The average molecular weight is 495 g/mol. The summed E-state index contributed by atoms with van der Waals surface area (Å²) >= 11 is 1.24. The molecule has 3 rings (SSSR count). The predicted molar refractivity (Wildman–Crippen MR) is 129 cm³/mol. The Morgan fingerprint density at radius 2 is 2.00 bits per heavy atom. The highest BCUT2D eigenvalue weighted by Crippen LogP contribution is 2.31. The zero-order chi connectivity index (χ0) is 24.2. The smallest absolute Gasteiger partial charge is 0.243 e. The van der Waals surface area contributed by atoms with Gasteiger partial charge in [0.05, 0.1) is 15.9 Å². The van der Waals surface area contributed by atoms with E-state index in [0.717, 1.165) is 17.7 Å². The number of hydrogen-bond donors (Lipinski definition) is 1. The Hall–Kier alpha value is -2.37. The van der Waals surface area contributed by atoms with Crippen molar-refractivity contribution >= 4 is 45.1 Å². The Bertz CT molecular complexity index is 1110. The van der Waals surface area contributed by atoms with Crippen molar-refractivity contribution in [3.05, 3.63) is 35.6 Å². The fourth-order valence-corrected chi connectivity index (χ4v) is 5.98. The molecule has 33 heavy (non-hydrogen) atoms. The maximum absolute atomic E-state index is 13.0. The van der Waals surface area contributed by atoms with E-state index in [1.165, 1.54) is 16.1 Å². The number of sulfonamides is 1. The van der Waals surface area contributed by atoms with Crippen molar-refractivity contribution in [3.8, 4) is 0 Å². The van der Waals surface area contributed by atoms with Gasteiger partial charge < -0.3 is 14.7 Å². The third-order valence-electron chi connectivity index (χ3n) is 5.52. The van der Waals surface area contributed by atoms with Crippen LogP contribution in [0.15, 0.2) is 33.7 Å². The highest BCUT2D eigenvalue weighted by molar-refractivity contribution is 8.01. The molecule has 0 aliphatic carbocycles. The Morgan fingerprint density at radius 1 is 1.27 bits per heavy atom. The molecule has 2 aromatic rings. The number of fused-ring (bicyclic) bond motifs is 1. The maximum Gasteiger partial charge on any atom is 0.243 e. The van der Waals surface area contributed by atoms with Gasteiger partial charge in [-0.1, -0.05) is 19.0 Å².